The second kappa shape index (κ2) is 10.9. The zero-order valence-electron chi connectivity index (χ0n) is 18.4. The van der Waals surface area contributed by atoms with Crippen molar-refractivity contribution in [3.05, 3.63) is 60.2 Å². The van der Waals surface area contributed by atoms with Crippen LogP contribution < -0.4 is 0 Å². The van der Waals surface area contributed by atoms with Crippen LogP contribution in [0.2, 0.25) is 0 Å². The topological polar surface area (TPSA) is 49.7 Å². The zero-order valence-corrected chi connectivity index (χ0v) is 18.4. The summed E-state index contributed by atoms with van der Waals surface area (Å²) in [4.78, 5) is 0. The summed E-state index contributed by atoms with van der Waals surface area (Å²) in [6.07, 6.45) is 8.93. The van der Waals surface area contributed by atoms with Gasteiger partial charge in [-0.2, -0.15) is 0 Å². The smallest absolute Gasteiger partial charge is 0.100 e. The minimum absolute atomic E-state index is 0.228. The highest BCUT2D eigenvalue weighted by atomic mass is 16.5. The Hall–Kier alpha value is -2.20. The molecule has 0 unspecified atom stereocenters. The maximum Gasteiger partial charge on any atom is 0.100 e. The van der Waals surface area contributed by atoms with E-state index in [4.69, 9.17) is 9.84 Å². The van der Waals surface area contributed by atoms with E-state index in [2.05, 4.69) is 54.6 Å². The highest BCUT2D eigenvalue weighted by Gasteiger charge is 2.10. The molecule has 0 aliphatic heterocycles. The lowest BCUT2D eigenvalue weighted by Gasteiger charge is -2.14. The molecule has 0 heterocycles. The van der Waals surface area contributed by atoms with Gasteiger partial charge in [0.15, 0.2) is 0 Å². The van der Waals surface area contributed by atoms with E-state index in [1.165, 1.54) is 76.4 Å². The van der Waals surface area contributed by atoms with Crippen LogP contribution in [0.1, 0.15) is 50.5 Å². The number of aliphatic hydroxyl groups is 2. The van der Waals surface area contributed by atoms with E-state index >= 15 is 0 Å². The van der Waals surface area contributed by atoms with E-state index in [0.717, 1.165) is 12.8 Å². The average molecular weight is 419 g/mol. The minimum Gasteiger partial charge on any atom is -0.394 e. The average Bonchev–Trinajstić information content (AvgIpc) is 2.81. The molecule has 0 aromatic heterocycles. The molecule has 0 fully saturated rings. The normalized spacial score (nSPS) is 13.0. The van der Waals surface area contributed by atoms with Gasteiger partial charge >= 0.3 is 0 Å². The number of hydrogen-bond acceptors (Lipinski definition) is 3. The lowest BCUT2D eigenvalue weighted by atomic mass is 9.90. The molecule has 0 bridgehead atoms. The molecule has 0 aliphatic rings. The highest BCUT2D eigenvalue weighted by molar-refractivity contribution is 6.23. The van der Waals surface area contributed by atoms with Gasteiger partial charge in [0.05, 0.1) is 13.2 Å². The molecular formula is C28H34O3. The number of ether oxygens (including phenoxy) is 1. The molecule has 164 valence electrons. The summed E-state index contributed by atoms with van der Waals surface area (Å²) < 4.78 is 5.35. The van der Waals surface area contributed by atoms with Gasteiger partial charge in [0.25, 0.3) is 0 Å². The summed E-state index contributed by atoms with van der Waals surface area (Å²) in [5, 5.41) is 26.2. The number of benzene rings is 4. The third-order valence-electron chi connectivity index (χ3n) is 6.37. The van der Waals surface area contributed by atoms with E-state index in [9.17, 15) is 5.11 Å². The first-order chi connectivity index (χ1) is 15.3. The molecule has 0 saturated heterocycles. The summed E-state index contributed by atoms with van der Waals surface area (Å²) in [6, 6.07) is 20.3. The maximum absolute atomic E-state index is 9.22. The Kier molecular flexibility index (Phi) is 7.74. The molecule has 3 nitrogen and oxygen atoms in total. The van der Waals surface area contributed by atoms with Crippen LogP contribution in [0.3, 0.4) is 0 Å². The molecule has 4 rings (SSSR count). The Morgan fingerprint density at radius 2 is 1.29 bits per heavy atom. The molecule has 31 heavy (non-hydrogen) atoms. The van der Waals surface area contributed by atoms with Crippen LogP contribution in [-0.4, -0.2) is 36.1 Å². The van der Waals surface area contributed by atoms with Gasteiger partial charge < -0.3 is 14.9 Å². The third-order valence-corrected chi connectivity index (χ3v) is 6.37. The summed E-state index contributed by atoms with van der Waals surface area (Å²) in [5.74, 6) is 0. The van der Waals surface area contributed by atoms with Gasteiger partial charge in [-0.25, -0.2) is 0 Å². The van der Waals surface area contributed by atoms with Gasteiger partial charge in [0, 0.05) is 6.61 Å². The zero-order chi connectivity index (χ0) is 21.5. The Balaban J connectivity index is 1.22. The van der Waals surface area contributed by atoms with Crippen molar-refractivity contribution in [3.63, 3.8) is 0 Å². The van der Waals surface area contributed by atoms with Crippen molar-refractivity contribution in [1.29, 1.82) is 0 Å². The number of aryl methyl sites for hydroxylation is 1. The molecule has 0 amide bonds. The number of unbranched alkanes of at least 4 members (excludes halogenated alkanes) is 6. The number of aliphatic hydroxyl groups excluding tert-OH is 2. The quantitative estimate of drug-likeness (QED) is 0.200. The summed E-state index contributed by atoms with van der Waals surface area (Å²) in [6.45, 7) is 0.680. The molecule has 4 aromatic carbocycles. The Morgan fingerprint density at radius 1 is 0.677 bits per heavy atom. The monoisotopic (exact) mass is 418 g/mol. The van der Waals surface area contributed by atoms with Crippen molar-refractivity contribution < 1.29 is 14.9 Å². The van der Waals surface area contributed by atoms with Crippen LogP contribution in [0.25, 0.3) is 32.3 Å². The van der Waals surface area contributed by atoms with Crippen molar-refractivity contribution >= 4 is 32.3 Å². The number of rotatable bonds is 13. The fourth-order valence-electron chi connectivity index (χ4n) is 4.69. The van der Waals surface area contributed by atoms with Crippen LogP contribution >= 0.6 is 0 Å². The van der Waals surface area contributed by atoms with Gasteiger partial charge in [0.1, 0.15) is 6.10 Å². The van der Waals surface area contributed by atoms with Crippen molar-refractivity contribution in [3.8, 4) is 0 Å². The second-order valence-corrected chi connectivity index (χ2v) is 8.72. The Bertz CT molecular complexity index is 1070. The minimum atomic E-state index is -0.742. The van der Waals surface area contributed by atoms with E-state index in [-0.39, 0.29) is 13.2 Å². The SMILES string of the molecule is OC[C@H](O)COCCCCCCCCCc1ccc2ccc3cccc4ccc1c2c34. The van der Waals surface area contributed by atoms with E-state index in [0.29, 0.717) is 6.61 Å². The first kappa shape index (κ1) is 22.0. The van der Waals surface area contributed by atoms with E-state index in [1.807, 2.05) is 0 Å². The van der Waals surface area contributed by atoms with Crippen molar-refractivity contribution in [2.75, 3.05) is 19.8 Å². The van der Waals surface area contributed by atoms with E-state index in [1.54, 1.807) is 0 Å². The first-order valence-electron chi connectivity index (χ1n) is 11.8. The molecule has 4 aromatic rings. The van der Waals surface area contributed by atoms with Crippen molar-refractivity contribution in [2.24, 2.45) is 0 Å². The van der Waals surface area contributed by atoms with Gasteiger partial charge in [-0.3, -0.25) is 0 Å². The molecule has 0 radical (unpaired) electrons. The van der Waals surface area contributed by atoms with Crippen LogP contribution in [-0.2, 0) is 11.2 Å². The third kappa shape index (κ3) is 5.35. The van der Waals surface area contributed by atoms with Gasteiger partial charge in [-0.05, 0) is 57.1 Å². The Labute approximate surface area is 185 Å². The molecule has 2 N–H and O–H groups in total. The number of hydrogen-bond donors (Lipinski definition) is 2. The van der Waals surface area contributed by atoms with Gasteiger partial charge in [-0.15, -0.1) is 0 Å². The largest absolute Gasteiger partial charge is 0.394 e. The molecule has 0 aliphatic carbocycles. The van der Waals surface area contributed by atoms with Crippen molar-refractivity contribution in [1.82, 2.24) is 0 Å². The molecule has 0 saturated carbocycles. The maximum atomic E-state index is 9.22. The predicted octanol–water partition coefficient (Wildman–Crippen LogP) is 6.23. The second-order valence-electron chi connectivity index (χ2n) is 8.72. The summed E-state index contributed by atoms with van der Waals surface area (Å²) in [7, 11) is 0. The standard InChI is InChI=1S/C28H34O3/c29-19-25(30)20-31-18-7-5-3-1-2-4-6-9-21-12-13-24-15-14-22-10-8-11-23-16-17-26(21)28(24)27(22)23/h8,10-17,25,29-30H,1-7,9,18-20H2/t25-/m0/s1. The summed E-state index contributed by atoms with van der Waals surface area (Å²) in [5.41, 5.74) is 1.48. The fraction of sp³-hybridized carbons (Fsp3) is 0.429. The summed E-state index contributed by atoms with van der Waals surface area (Å²) >= 11 is 0. The van der Waals surface area contributed by atoms with Crippen LogP contribution in [0.15, 0.2) is 54.6 Å². The van der Waals surface area contributed by atoms with Gasteiger partial charge in [-0.1, -0.05) is 86.7 Å². The molecule has 1 atom stereocenters. The molecular weight excluding hydrogens is 384 g/mol. The Morgan fingerprint density at radius 3 is 2.03 bits per heavy atom. The highest BCUT2D eigenvalue weighted by Crippen LogP contribution is 2.36. The van der Waals surface area contributed by atoms with E-state index < -0.39 is 6.10 Å². The molecule has 0 spiro atoms. The lowest BCUT2D eigenvalue weighted by Crippen LogP contribution is -2.19. The lowest BCUT2D eigenvalue weighted by molar-refractivity contribution is 0.00526. The van der Waals surface area contributed by atoms with Crippen LogP contribution in [0.4, 0.5) is 0 Å². The fourth-order valence-corrected chi connectivity index (χ4v) is 4.69. The molecule has 3 heteroatoms. The predicted molar refractivity (Wildman–Crippen MR) is 130 cm³/mol. The first-order valence-corrected chi connectivity index (χ1v) is 11.8. The van der Waals surface area contributed by atoms with Crippen molar-refractivity contribution in [2.45, 2.75) is 57.5 Å². The van der Waals surface area contributed by atoms with Crippen LogP contribution in [0, 0.1) is 0 Å². The van der Waals surface area contributed by atoms with Gasteiger partial charge in [0.2, 0.25) is 0 Å². The van der Waals surface area contributed by atoms with Crippen LogP contribution in [0.5, 0.6) is 0 Å².